The van der Waals surface area contributed by atoms with E-state index >= 15 is 0 Å². The number of fused-ring (bicyclic) bond motifs is 1. The summed E-state index contributed by atoms with van der Waals surface area (Å²) < 4.78 is 0. The fourth-order valence-electron chi connectivity index (χ4n) is 3.27. The van der Waals surface area contributed by atoms with E-state index < -0.39 is 11.2 Å². The van der Waals surface area contributed by atoms with Gasteiger partial charge in [0.1, 0.15) is 0 Å². The van der Waals surface area contributed by atoms with E-state index in [1.54, 1.807) is 0 Å². The van der Waals surface area contributed by atoms with Gasteiger partial charge in [-0.05, 0) is 57.9 Å². The highest BCUT2D eigenvalue weighted by Gasteiger charge is 2.45. The van der Waals surface area contributed by atoms with Crippen LogP contribution in [0.5, 0.6) is 0 Å². The first-order valence-corrected chi connectivity index (χ1v) is 6.55. The van der Waals surface area contributed by atoms with Crippen LogP contribution < -0.4 is 0 Å². The molecule has 2 nitrogen and oxygen atoms in total. The zero-order chi connectivity index (χ0) is 12.8. The van der Waals surface area contributed by atoms with E-state index in [1.807, 2.05) is 20.8 Å². The number of aliphatic hydroxyl groups is 2. The lowest BCUT2D eigenvalue weighted by Gasteiger charge is -2.28. The summed E-state index contributed by atoms with van der Waals surface area (Å²) in [6, 6.07) is 0. The molecule has 1 saturated carbocycles. The van der Waals surface area contributed by atoms with E-state index in [-0.39, 0.29) is 5.92 Å². The van der Waals surface area contributed by atoms with Crippen LogP contribution in [0.25, 0.3) is 0 Å². The van der Waals surface area contributed by atoms with Crippen LogP contribution in [0.4, 0.5) is 0 Å². The molecule has 0 radical (unpaired) electrons. The van der Waals surface area contributed by atoms with Gasteiger partial charge in [0.15, 0.2) is 0 Å². The summed E-state index contributed by atoms with van der Waals surface area (Å²) in [5.74, 6) is 0.517. The fraction of sp³-hybridized carbons (Fsp3) is 0.733. The van der Waals surface area contributed by atoms with Gasteiger partial charge >= 0.3 is 0 Å². The van der Waals surface area contributed by atoms with Gasteiger partial charge in [0.05, 0.1) is 11.2 Å². The number of rotatable bonds is 1. The summed E-state index contributed by atoms with van der Waals surface area (Å²) in [5.41, 5.74) is 0.860. The van der Waals surface area contributed by atoms with Crippen molar-refractivity contribution < 1.29 is 10.2 Å². The predicted molar refractivity (Wildman–Crippen MR) is 69.6 cm³/mol. The lowest BCUT2D eigenvalue weighted by molar-refractivity contribution is 0.0320. The molecule has 3 atom stereocenters. The second-order valence-corrected chi connectivity index (χ2v) is 6.44. The topological polar surface area (TPSA) is 40.5 Å². The van der Waals surface area contributed by atoms with E-state index in [0.29, 0.717) is 5.92 Å². The lowest BCUT2D eigenvalue weighted by atomic mass is 9.83. The van der Waals surface area contributed by atoms with E-state index in [9.17, 15) is 10.2 Å². The molecule has 0 aromatic rings. The third kappa shape index (κ3) is 2.34. The Kier molecular flexibility index (Phi) is 2.99. The molecule has 3 unspecified atom stereocenters. The van der Waals surface area contributed by atoms with Crippen LogP contribution in [0, 0.1) is 11.8 Å². The zero-order valence-corrected chi connectivity index (χ0v) is 11.2. The third-order valence-corrected chi connectivity index (χ3v) is 4.52. The Morgan fingerprint density at radius 1 is 1.41 bits per heavy atom. The van der Waals surface area contributed by atoms with E-state index in [1.165, 1.54) is 5.57 Å². The molecule has 0 aromatic carbocycles. The third-order valence-electron chi connectivity index (χ3n) is 4.52. The summed E-state index contributed by atoms with van der Waals surface area (Å²) >= 11 is 0. The normalized spacial score (nSPS) is 38.6. The SMILES string of the molecule is C=C1CCC(C(C)(C)O)=CC2C1CCC2(C)O. The van der Waals surface area contributed by atoms with Crippen LogP contribution in [0.15, 0.2) is 23.8 Å². The van der Waals surface area contributed by atoms with Crippen molar-refractivity contribution in [2.75, 3.05) is 0 Å². The fourth-order valence-corrected chi connectivity index (χ4v) is 3.27. The first kappa shape index (κ1) is 12.8. The minimum absolute atomic E-state index is 0.124. The summed E-state index contributed by atoms with van der Waals surface area (Å²) in [6.45, 7) is 9.73. The van der Waals surface area contributed by atoms with Crippen molar-refractivity contribution in [2.24, 2.45) is 11.8 Å². The molecule has 1 fully saturated rings. The van der Waals surface area contributed by atoms with Crippen molar-refractivity contribution in [1.29, 1.82) is 0 Å². The van der Waals surface area contributed by atoms with Crippen molar-refractivity contribution in [3.8, 4) is 0 Å². The molecule has 2 aliphatic rings. The maximum absolute atomic E-state index is 10.4. The van der Waals surface area contributed by atoms with Gasteiger partial charge in [0.2, 0.25) is 0 Å². The highest BCUT2D eigenvalue weighted by molar-refractivity contribution is 5.27. The van der Waals surface area contributed by atoms with E-state index in [2.05, 4.69) is 12.7 Å². The highest BCUT2D eigenvalue weighted by Crippen LogP contribution is 2.48. The minimum Gasteiger partial charge on any atom is -0.390 e. The molecular weight excluding hydrogens is 212 g/mol. The average molecular weight is 236 g/mol. The molecule has 0 aromatic heterocycles. The quantitative estimate of drug-likeness (QED) is 0.687. The molecule has 96 valence electrons. The molecule has 0 aliphatic heterocycles. The van der Waals surface area contributed by atoms with Crippen molar-refractivity contribution in [1.82, 2.24) is 0 Å². The molecule has 0 saturated heterocycles. The zero-order valence-electron chi connectivity index (χ0n) is 11.2. The second kappa shape index (κ2) is 3.96. The Bertz CT molecular complexity index is 358. The molecule has 2 aliphatic carbocycles. The van der Waals surface area contributed by atoms with Crippen molar-refractivity contribution >= 4 is 0 Å². The Morgan fingerprint density at radius 2 is 2.06 bits per heavy atom. The van der Waals surface area contributed by atoms with Crippen LogP contribution in [-0.2, 0) is 0 Å². The maximum Gasteiger partial charge on any atom is 0.0800 e. The van der Waals surface area contributed by atoms with Gasteiger partial charge in [-0.15, -0.1) is 0 Å². The molecule has 0 amide bonds. The summed E-state index contributed by atoms with van der Waals surface area (Å²) in [4.78, 5) is 0. The number of hydrogen-bond acceptors (Lipinski definition) is 2. The Morgan fingerprint density at radius 3 is 2.65 bits per heavy atom. The molecule has 2 rings (SSSR count). The van der Waals surface area contributed by atoms with Gasteiger partial charge in [0.25, 0.3) is 0 Å². The first-order chi connectivity index (χ1) is 7.72. The van der Waals surface area contributed by atoms with Gasteiger partial charge in [-0.3, -0.25) is 0 Å². The molecule has 2 N–H and O–H groups in total. The monoisotopic (exact) mass is 236 g/mol. The van der Waals surface area contributed by atoms with Crippen molar-refractivity contribution in [2.45, 2.75) is 57.7 Å². The molecule has 17 heavy (non-hydrogen) atoms. The smallest absolute Gasteiger partial charge is 0.0800 e. The minimum atomic E-state index is -0.784. The van der Waals surface area contributed by atoms with Crippen LogP contribution in [0.3, 0.4) is 0 Å². The standard InChI is InChI=1S/C15H24O2/c1-10-5-6-11(14(2,3)16)9-13-12(10)7-8-15(13,4)17/h9,12-13,16-17H,1,5-8H2,2-4H3. The Labute approximate surface area is 104 Å². The Hall–Kier alpha value is -0.600. The molecule has 0 spiro atoms. The largest absolute Gasteiger partial charge is 0.390 e. The van der Waals surface area contributed by atoms with Gasteiger partial charge < -0.3 is 10.2 Å². The van der Waals surface area contributed by atoms with E-state index in [0.717, 1.165) is 31.3 Å². The van der Waals surface area contributed by atoms with Crippen LogP contribution in [0.1, 0.15) is 46.5 Å². The summed E-state index contributed by atoms with van der Waals surface area (Å²) in [7, 11) is 0. The maximum atomic E-state index is 10.4. The lowest BCUT2D eigenvalue weighted by Crippen LogP contribution is -2.31. The summed E-state index contributed by atoms with van der Waals surface area (Å²) in [6.07, 6.45) is 5.78. The summed E-state index contributed by atoms with van der Waals surface area (Å²) in [5, 5.41) is 20.6. The predicted octanol–water partition coefficient (Wildman–Crippen LogP) is 2.81. The number of hydrogen-bond donors (Lipinski definition) is 2. The molecule has 2 heteroatoms. The van der Waals surface area contributed by atoms with Crippen LogP contribution in [0.2, 0.25) is 0 Å². The second-order valence-electron chi connectivity index (χ2n) is 6.44. The van der Waals surface area contributed by atoms with Crippen molar-refractivity contribution in [3.63, 3.8) is 0 Å². The van der Waals surface area contributed by atoms with Crippen molar-refractivity contribution in [3.05, 3.63) is 23.8 Å². The van der Waals surface area contributed by atoms with Gasteiger partial charge in [0, 0.05) is 5.92 Å². The van der Waals surface area contributed by atoms with Gasteiger partial charge in [-0.25, -0.2) is 0 Å². The number of allylic oxidation sites excluding steroid dienone is 1. The van der Waals surface area contributed by atoms with Crippen LogP contribution in [-0.4, -0.2) is 21.4 Å². The molecule has 0 bridgehead atoms. The Balaban J connectivity index is 2.38. The van der Waals surface area contributed by atoms with Crippen LogP contribution >= 0.6 is 0 Å². The van der Waals surface area contributed by atoms with E-state index in [4.69, 9.17) is 0 Å². The first-order valence-electron chi connectivity index (χ1n) is 6.55. The highest BCUT2D eigenvalue weighted by atomic mass is 16.3. The molecule has 0 heterocycles. The van der Waals surface area contributed by atoms with Gasteiger partial charge in [-0.2, -0.15) is 0 Å². The molecular formula is C15H24O2. The van der Waals surface area contributed by atoms with Gasteiger partial charge in [-0.1, -0.05) is 18.2 Å². The average Bonchev–Trinajstić information content (AvgIpc) is 2.37.